The fourth-order valence-electron chi connectivity index (χ4n) is 3.34. The molecule has 4 aromatic rings. The molecule has 1 aromatic carbocycles. The number of ether oxygens (including phenoxy) is 1. The highest BCUT2D eigenvalue weighted by molar-refractivity contribution is 7.99. The zero-order valence-electron chi connectivity index (χ0n) is 18.1. The number of methoxy groups -OCH3 is 1. The minimum absolute atomic E-state index is 0.0778. The van der Waals surface area contributed by atoms with Gasteiger partial charge in [-0.2, -0.15) is 0 Å². The van der Waals surface area contributed by atoms with E-state index in [9.17, 15) is 9.59 Å². The number of thiophene rings is 1. The summed E-state index contributed by atoms with van der Waals surface area (Å²) in [6.07, 6.45) is 1.71. The van der Waals surface area contributed by atoms with Gasteiger partial charge >= 0.3 is 0 Å². The van der Waals surface area contributed by atoms with Gasteiger partial charge in [-0.15, -0.1) is 11.3 Å². The van der Waals surface area contributed by atoms with Crippen molar-refractivity contribution in [1.29, 1.82) is 0 Å². The molecule has 166 valence electrons. The summed E-state index contributed by atoms with van der Waals surface area (Å²) in [5, 5.41) is 4.34. The van der Waals surface area contributed by atoms with Gasteiger partial charge in [-0.25, -0.2) is 9.97 Å². The monoisotopic (exact) mass is 468 g/mol. The van der Waals surface area contributed by atoms with Crippen LogP contribution < -0.4 is 15.6 Å². The van der Waals surface area contributed by atoms with Gasteiger partial charge in [-0.05, 0) is 35.7 Å². The number of amides is 1. The van der Waals surface area contributed by atoms with Crippen molar-refractivity contribution in [3.63, 3.8) is 0 Å². The van der Waals surface area contributed by atoms with Crippen LogP contribution in [0.25, 0.3) is 20.4 Å². The molecule has 7 nitrogen and oxygen atoms in total. The first-order chi connectivity index (χ1) is 15.5. The SMILES string of the molecule is COc1cccc(CNC(=O)CSc2nc3c(sc4ncccc43)c(=O)n2CC(C)C)c1. The third-order valence-corrected chi connectivity index (χ3v) is 6.89. The number of nitrogens with zero attached hydrogens (tertiary/aromatic N) is 3. The number of carbonyl (C=O) groups is 1. The lowest BCUT2D eigenvalue weighted by atomic mass is 10.2. The Kier molecular flexibility index (Phi) is 6.76. The average molecular weight is 469 g/mol. The first-order valence-electron chi connectivity index (χ1n) is 10.3. The molecule has 32 heavy (non-hydrogen) atoms. The number of benzene rings is 1. The Hall–Kier alpha value is -2.91. The standard InChI is InChI=1S/C23H24N4O3S2/c1-14(2)12-27-22(29)20-19(17-8-5-9-24-21(17)32-20)26-23(27)31-13-18(28)25-11-15-6-4-7-16(10-15)30-3/h4-10,14H,11-13H2,1-3H3,(H,25,28). The molecule has 0 radical (unpaired) electrons. The number of carbonyl (C=O) groups excluding carboxylic acids is 1. The Morgan fingerprint density at radius 2 is 2.12 bits per heavy atom. The van der Waals surface area contributed by atoms with Crippen molar-refractivity contribution >= 4 is 49.4 Å². The van der Waals surface area contributed by atoms with E-state index in [1.807, 2.05) is 36.4 Å². The number of nitrogens with one attached hydrogen (secondary N) is 1. The van der Waals surface area contributed by atoms with Crippen LogP contribution in [0, 0.1) is 5.92 Å². The molecule has 1 amide bonds. The number of hydrogen-bond acceptors (Lipinski definition) is 7. The molecule has 0 aliphatic carbocycles. The Morgan fingerprint density at radius 1 is 1.28 bits per heavy atom. The van der Waals surface area contributed by atoms with Crippen LogP contribution in [-0.2, 0) is 17.9 Å². The van der Waals surface area contributed by atoms with E-state index in [1.165, 1.54) is 23.1 Å². The topological polar surface area (TPSA) is 86.1 Å². The minimum atomic E-state index is -0.125. The third kappa shape index (κ3) is 4.78. The van der Waals surface area contributed by atoms with Gasteiger partial charge in [-0.1, -0.05) is 37.7 Å². The highest BCUT2D eigenvalue weighted by atomic mass is 32.2. The molecule has 1 N–H and O–H groups in total. The first kappa shape index (κ1) is 22.3. The summed E-state index contributed by atoms with van der Waals surface area (Å²) in [6.45, 7) is 5.05. The highest BCUT2D eigenvalue weighted by Gasteiger charge is 2.18. The smallest absolute Gasteiger partial charge is 0.272 e. The second-order valence-corrected chi connectivity index (χ2v) is 9.70. The van der Waals surface area contributed by atoms with Crippen molar-refractivity contribution in [2.24, 2.45) is 5.92 Å². The predicted molar refractivity (Wildman–Crippen MR) is 130 cm³/mol. The van der Waals surface area contributed by atoms with E-state index in [0.717, 1.165) is 21.5 Å². The molecule has 4 rings (SSSR count). The van der Waals surface area contributed by atoms with Gasteiger partial charge in [-0.3, -0.25) is 14.2 Å². The van der Waals surface area contributed by atoms with E-state index >= 15 is 0 Å². The summed E-state index contributed by atoms with van der Waals surface area (Å²) in [5.41, 5.74) is 1.53. The second-order valence-electron chi connectivity index (χ2n) is 7.76. The van der Waals surface area contributed by atoms with Crippen molar-refractivity contribution < 1.29 is 9.53 Å². The molecule has 0 bridgehead atoms. The zero-order chi connectivity index (χ0) is 22.7. The van der Waals surface area contributed by atoms with Gasteiger partial charge in [0, 0.05) is 24.7 Å². The Balaban J connectivity index is 1.56. The first-order valence-corrected chi connectivity index (χ1v) is 12.1. The maximum Gasteiger partial charge on any atom is 0.272 e. The third-order valence-electron chi connectivity index (χ3n) is 4.82. The van der Waals surface area contributed by atoms with Gasteiger partial charge in [0.1, 0.15) is 15.3 Å². The number of pyridine rings is 1. The van der Waals surface area contributed by atoms with Gasteiger partial charge < -0.3 is 10.1 Å². The lowest BCUT2D eigenvalue weighted by Gasteiger charge is -2.14. The normalized spacial score (nSPS) is 11.4. The Bertz CT molecular complexity index is 1330. The molecule has 3 heterocycles. The van der Waals surface area contributed by atoms with Crippen LogP contribution >= 0.6 is 23.1 Å². The van der Waals surface area contributed by atoms with E-state index in [-0.39, 0.29) is 23.1 Å². The summed E-state index contributed by atoms with van der Waals surface area (Å²) in [6, 6.07) is 11.3. The van der Waals surface area contributed by atoms with Crippen LogP contribution in [0.15, 0.2) is 52.5 Å². The number of aromatic nitrogens is 3. The van der Waals surface area contributed by atoms with E-state index < -0.39 is 0 Å². The lowest BCUT2D eigenvalue weighted by molar-refractivity contribution is -0.118. The maximum absolute atomic E-state index is 13.3. The minimum Gasteiger partial charge on any atom is -0.497 e. The van der Waals surface area contributed by atoms with Crippen LogP contribution in [0.1, 0.15) is 19.4 Å². The molecule has 0 unspecified atom stereocenters. The zero-order valence-corrected chi connectivity index (χ0v) is 19.8. The number of hydrogen-bond donors (Lipinski definition) is 1. The average Bonchev–Trinajstić information content (AvgIpc) is 3.17. The fourth-order valence-corrected chi connectivity index (χ4v) is 5.20. The highest BCUT2D eigenvalue weighted by Crippen LogP contribution is 2.30. The van der Waals surface area contributed by atoms with Gasteiger partial charge in [0.05, 0.1) is 18.4 Å². The van der Waals surface area contributed by atoms with E-state index in [4.69, 9.17) is 9.72 Å². The van der Waals surface area contributed by atoms with Crippen molar-refractivity contribution in [2.75, 3.05) is 12.9 Å². The molecule has 3 aromatic heterocycles. The summed E-state index contributed by atoms with van der Waals surface area (Å²) < 4.78 is 7.51. The number of fused-ring (bicyclic) bond motifs is 3. The van der Waals surface area contributed by atoms with Crippen molar-refractivity contribution in [1.82, 2.24) is 19.9 Å². The van der Waals surface area contributed by atoms with Gasteiger partial charge in [0.25, 0.3) is 5.56 Å². The van der Waals surface area contributed by atoms with Crippen LogP contribution in [-0.4, -0.2) is 33.3 Å². The van der Waals surface area contributed by atoms with Crippen molar-refractivity contribution in [3.8, 4) is 5.75 Å². The second kappa shape index (κ2) is 9.70. The molecule has 0 atom stereocenters. The van der Waals surface area contributed by atoms with Crippen LogP contribution in [0.4, 0.5) is 0 Å². The van der Waals surface area contributed by atoms with Crippen molar-refractivity contribution in [3.05, 3.63) is 58.5 Å². The Labute approximate surface area is 193 Å². The molecule has 9 heteroatoms. The summed E-state index contributed by atoms with van der Waals surface area (Å²) in [4.78, 5) is 35.7. The summed E-state index contributed by atoms with van der Waals surface area (Å²) >= 11 is 2.65. The number of rotatable bonds is 8. The summed E-state index contributed by atoms with van der Waals surface area (Å²) in [5.74, 6) is 1.06. The molecule has 0 fully saturated rings. The largest absolute Gasteiger partial charge is 0.497 e. The van der Waals surface area contributed by atoms with Crippen LogP contribution in [0.3, 0.4) is 0 Å². The molecule has 0 aliphatic heterocycles. The molecule has 0 saturated heterocycles. The van der Waals surface area contributed by atoms with E-state index in [1.54, 1.807) is 17.9 Å². The van der Waals surface area contributed by atoms with E-state index in [2.05, 4.69) is 24.1 Å². The summed E-state index contributed by atoms with van der Waals surface area (Å²) in [7, 11) is 1.61. The number of thioether (sulfide) groups is 1. The molecule has 0 saturated carbocycles. The van der Waals surface area contributed by atoms with Crippen molar-refractivity contribution in [2.45, 2.75) is 32.1 Å². The molecular formula is C23H24N4O3S2. The lowest BCUT2D eigenvalue weighted by Crippen LogP contribution is -2.27. The molecular weight excluding hydrogens is 444 g/mol. The molecule has 0 spiro atoms. The molecule has 0 aliphatic rings. The quantitative estimate of drug-likeness (QED) is 0.310. The van der Waals surface area contributed by atoms with Gasteiger partial charge in [0.2, 0.25) is 5.91 Å². The maximum atomic E-state index is 13.3. The Morgan fingerprint density at radius 3 is 2.91 bits per heavy atom. The predicted octanol–water partition coefficient (Wildman–Crippen LogP) is 4.08. The van der Waals surface area contributed by atoms with Crippen LogP contribution in [0.2, 0.25) is 0 Å². The fraction of sp³-hybridized carbons (Fsp3) is 0.304. The van der Waals surface area contributed by atoms with Gasteiger partial charge in [0.15, 0.2) is 5.16 Å². The van der Waals surface area contributed by atoms with Crippen LogP contribution in [0.5, 0.6) is 5.75 Å². The van der Waals surface area contributed by atoms with E-state index in [0.29, 0.717) is 28.5 Å².